The zero-order valence-corrected chi connectivity index (χ0v) is 14.7. The van der Waals surface area contributed by atoms with Gasteiger partial charge in [-0.05, 0) is 37.8 Å². The molecule has 3 heterocycles. The second-order valence-corrected chi connectivity index (χ2v) is 7.33. The highest BCUT2D eigenvalue weighted by Crippen LogP contribution is 2.37. The van der Waals surface area contributed by atoms with Crippen molar-refractivity contribution in [3.8, 4) is 11.4 Å². The number of rotatable bonds is 3. The summed E-state index contributed by atoms with van der Waals surface area (Å²) < 4.78 is 20.8. The third kappa shape index (κ3) is 3.34. The van der Waals surface area contributed by atoms with E-state index in [0.717, 1.165) is 25.7 Å². The number of carbonyl (C=O) groups is 1. The minimum atomic E-state index is -1.78. The predicted octanol–water partition coefficient (Wildman–Crippen LogP) is 3.50. The fourth-order valence-electron chi connectivity index (χ4n) is 4.00. The van der Waals surface area contributed by atoms with E-state index in [1.165, 1.54) is 6.42 Å². The summed E-state index contributed by atoms with van der Waals surface area (Å²) in [5.41, 5.74) is -1.10. The molecule has 2 aliphatic rings. The van der Waals surface area contributed by atoms with Crippen LogP contribution in [0, 0.1) is 5.92 Å². The summed E-state index contributed by atoms with van der Waals surface area (Å²) >= 11 is 0. The van der Waals surface area contributed by atoms with Crippen molar-refractivity contribution < 1.29 is 13.7 Å². The van der Waals surface area contributed by atoms with Crippen molar-refractivity contribution in [1.29, 1.82) is 0 Å². The van der Waals surface area contributed by atoms with E-state index in [-0.39, 0.29) is 30.7 Å². The van der Waals surface area contributed by atoms with Crippen LogP contribution in [0.25, 0.3) is 11.4 Å². The van der Waals surface area contributed by atoms with Crippen LogP contribution in [0.3, 0.4) is 0 Å². The quantitative estimate of drug-likeness (QED) is 0.840. The van der Waals surface area contributed by atoms with Gasteiger partial charge in [-0.3, -0.25) is 9.78 Å². The van der Waals surface area contributed by atoms with Crippen LogP contribution in [-0.4, -0.2) is 39.0 Å². The Kier molecular flexibility index (Phi) is 4.70. The Bertz CT molecular complexity index is 760. The molecule has 138 valence electrons. The van der Waals surface area contributed by atoms with Crippen molar-refractivity contribution >= 4 is 5.91 Å². The van der Waals surface area contributed by atoms with Gasteiger partial charge in [0, 0.05) is 30.4 Å². The Labute approximate surface area is 151 Å². The van der Waals surface area contributed by atoms with E-state index in [4.69, 9.17) is 4.52 Å². The molecule has 1 amide bonds. The van der Waals surface area contributed by atoms with E-state index in [2.05, 4.69) is 15.1 Å². The molecule has 2 aromatic rings. The van der Waals surface area contributed by atoms with E-state index in [9.17, 15) is 4.79 Å². The van der Waals surface area contributed by atoms with Crippen LogP contribution in [0.15, 0.2) is 29.0 Å². The maximum atomic E-state index is 15.6. The van der Waals surface area contributed by atoms with Crippen LogP contribution < -0.4 is 0 Å². The number of hydrogen-bond acceptors (Lipinski definition) is 5. The molecule has 2 aromatic heterocycles. The topological polar surface area (TPSA) is 72.1 Å². The summed E-state index contributed by atoms with van der Waals surface area (Å²) in [5, 5.41) is 3.90. The van der Waals surface area contributed by atoms with Crippen molar-refractivity contribution in [2.75, 3.05) is 13.1 Å². The predicted molar refractivity (Wildman–Crippen MR) is 92.7 cm³/mol. The molecule has 1 atom stereocenters. The smallest absolute Gasteiger partial charge is 0.266 e. The van der Waals surface area contributed by atoms with Gasteiger partial charge in [0.05, 0.1) is 6.54 Å². The van der Waals surface area contributed by atoms with E-state index in [1.807, 2.05) is 0 Å². The van der Waals surface area contributed by atoms with Gasteiger partial charge in [0.1, 0.15) is 0 Å². The van der Waals surface area contributed by atoms with Gasteiger partial charge in [-0.2, -0.15) is 4.98 Å². The second-order valence-electron chi connectivity index (χ2n) is 7.33. The Hall–Kier alpha value is -2.31. The highest BCUT2D eigenvalue weighted by atomic mass is 19.1. The van der Waals surface area contributed by atoms with Gasteiger partial charge in [-0.1, -0.05) is 24.4 Å². The molecule has 2 fully saturated rings. The average molecular weight is 358 g/mol. The molecule has 0 aromatic carbocycles. The monoisotopic (exact) mass is 358 g/mol. The molecule has 0 bridgehead atoms. The van der Waals surface area contributed by atoms with Crippen molar-refractivity contribution in [1.82, 2.24) is 20.0 Å². The van der Waals surface area contributed by atoms with Gasteiger partial charge in [0.25, 0.3) is 5.89 Å². The molecule has 1 unspecified atom stereocenters. The molecule has 6 nitrogen and oxygen atoms in total. The Morgan fingerprint density at radius 1 is 1.27 bits per heavy atom. The molecule has 0 radical (unpaired) electrons. The summed E-state index contributed by atoms with van der Waals surface area (Å²) in [4.78, 5) is 22.7. The van der Waals surface area contributed by atoms with Crippen LogP contribution in [-0.2, 0) is 10.5 Å². The number of hydrogen-bond donors (Lipinski definition) is 0. The normalized spacial score (nSPS) is 24.6. The fraction of sp³-hybridized carbons (Fsp3) is 0.579. The summed E-state index contributed by atoms with van der Waals surface area (Å²) in [5.74, 6) is 0.400. The van der Waals surface area contributed by atoms with Crippen molar-refractivity contribution in [3.63, 3.8) is 0 Å². The van der Waals surface area contributed by atoms with Crippen molar-refractivity contribution in [2.24, 2.45) is 5.92 Å². The zero-order valence-electron chi connectivity index (χ0n) is 14.7. The minimum Gasteiger partial charge on any atom is -0.339 e. The van der Waals surface area contributed by atoms with E-state index in [1.54, 1.807) is 29.4 Å². The highest BCUT2D eigenvalue weighted by Gasteiger charge is 2.44. The molecule has 1 saturated carbocycles. The van der Waals surface area contributed by atoms with E-state index < -0.39 is 5.67 Å². The lowest BCUT2D eigenvalue weighted by atomic mass is 9.86. The molecular formula is C19H23FN4O2. The first-order chi connectivity index (χ1) is 12.7. The lowest BCUT2D eigenvalue weighted by molar-refractivity contribution is -0.141. The van der Waals surface area contributed by atoms with Gasteiger partial charge in [0.2, 0.25) is 17.4 Å². The Balaban J connectivity index is 1.51. The minimum absolute atomic E-state index is 0.00297. The molecule has 0 N–H and O–H groups in total. The lowest BCUT2D eigenvalue weighted by Gasteiger charge is -2.37. The molecule has 26 heavy (non-hydrogen) atoms. The third-order valence-corrected chi connectivity index (χ3v) is 5.44. The average Bonchev–Trinajstić information content (AvgIpc) is 3.20. The number of pyridine rings is 1. The molecule has 1 saturated heterocycles. The molecule has 4 rings (SSSR count). The number of alkyl halides is 1. The first kappa shape index (κ1) is 17.1. The van der Waals surface area contributed by atoms with Gasteiger partial charge < -0.3 is 9.42 Å². The Morgan fingerprint density at radius 2 is 2.12 bits per heavy atom. The molecule has 0 spiro atoms. The number of carbonyl (C=O) groups excluding carboxylic acids is 1. The summed E-state index contributed by atoms with van der Waals surface area (Å²) in [6, 6.07) is 3.56. The largest absolute Gasteiger partial charge is 0.339 e. The van der Waals surface area contributed by atoms with Gasteiger partial charge in [0.15, 0.2) is 0 Å². The first-order valence-corrected chi connectivity index (χ1v) is 9.38. The number of halogens is 1. The zero-order chi connectivity index (χ0) is 18.0. The van der Waals surface area contributed by atoms with Gasteiger partial charge in [-0.25, -0.2) is 4.39 Å². The Morgan fingerprint density at radius 3 is 2.88 bits per heavy atom. The number of likely N-dealkylation sites (tertiary alicyclic amines) is 1. The highest BCUT2D eigenvalue weighted by molar-refractivity contribution is 5.79. The van der Waals surface area contributed by atoms with Crippen LogP contribution in [0.5, 0.6) is 0 Å². The van der Waals surface area contributed by atoms with Crippen LogP contribution in [0.1, 0.15) is 50.8 Å². The number of nitrogens with zero attached hydrogens (tertiary/aromatic N) is 4. The first-order valence-electron chi connectivity index (χ1n) is 9.38. The summed E-state index contributed by atoms with van der Waals surface area (Å²) in [6.07, 6.45) is 9.34. The third-order valence-electron chi connectivity index (χ3n) is 5.44. The van der Waals surface area contributed by atoms with E-state index >= 15 is 4.39 Å². The summed E-state index contributed by atoms with van der Waals surface area (Å²) in [6.45, 7) is 0.599. The van der Waals surface area contributed by atoms with Crippen molar-refractivity contribution in [3.05, 3.63) is 30.4 Å². The van der Waals surface area contributed by atoms with Crippen LogP contribution in [0.2, 0.25) is 0 Å². The number of amides is 1. The molecule has 7 heteroatoms. The molecule has 1 aliphatic carbocycles. The maximum absolute atomic E-state index is 15.6. The SMILES string of the molecule is O=C(C1CCCCC1)N1CCCC(F)(c2nc(-c3cccnc3)no2)C1. The lowest BCUT2D eigenvalue weighted by Crippen LogP contribution is -2.48. The molecular weight excluding hydrogens is 335 g/mol. The number of piperidine rings is 1. The van der Waals surface area contributed by atoms with Crippen LogP contribution in [0.4, 0.5) is 4.39 Å². The van der Waals surface area contributed by atoms with Crippen molar-refractivity contribution in [2.45, 2.75) is 50.6 Å². The maximum Gasteiger partial charge on any atom is 0.266 e. The van der Waals surface area contributed by atoms with Crippen LogP contribution >= 0.6 is 0 Å². The second kappa shape index (κ2) is 7.13. The van der Waals surface area contributed by atoms with Gasteiger partial charge in [-0.15, -0.1) is 0 Å². The fourth-order valence-corrected chi connectivity index (χ4v) is 4.00. The number of aromatic nitrogens is 3. The summed E-state index contributed by atoms with van der Waals surface area (Å²) in [7, 11) is 0. The standard InChI is InChI=1S/C19H23FN4O2/c20-19(18-22-16(23-26-18)15-8-4-10-21-12-15)9-5-11-24(13-19)17(25)14-6-2-1-3-7-14/h4,8,10,12,14H,1-3,5-7,9,11,13H2. The van der Waals surface area contributed by atoms with E-state index in [0.29, 0.717) is 24.4 Å². The van der Waals surface area contributed by atoms with Gasteiger partial charge >= 0.3 is 0 Å². The molecule has 1 aliphatic heterocycles.